The third-order valence-electron chi connectivity index (χ3n) is 6.32. The van der Waals surface area contributed by atoms with Gasteiger partial charge in [0.05, 0.1) is 24.9 Å². The Bertz CT molecular complexity index is 414. The fourth-order valence-corrected chi connectivity index (χ4v) is 4.76. The summed E-state index contributed by atoms with van der Waals surface area (Å²) < 4.78 is 10.9. The van der Waals surface area contributed by atoms with Crippen molar-refractivity contribution in [3.8, 4) is 0 Å². The van der Waals surface area contributed by atoms with Gasteiger partial charge in [0.2, 0.25) is 0 Å². The van der Waals surface area contributed by atoms with Crippen LogP contribution in [0.1, 0.15) is 104 Å². The van der Waals surface area contributed by atoms with E-state index >= 15 is 0 Å². The molecular weight excluding hydrogens is 368 g/mol. The van der Waals surface area contributed by atoms with Crippen molar-refractivity contribution >= 4 is 5.97 Å². The molecule has 5 nitrogen and oxygen atoms in total. The second-order valence-corrected chi connectivity index (χ2v) is 8.61. The predicted molar refractivity (Wildman–Crippen MR) is 117 cm³/mol. The highest BCUT2D eigenvalue weighted by Crippen LogP contribution is 2.41. The number of hydrogen-bond donors (Lipinski definition) is 2. The molecule has 0 amide bonds. The largest absolute Gasteiger partial charge is 0.466 e. The summed E-state index contributed by atoms with van der Waals surface area (Å²) in [5.41, 5.74) is 0. The van der Waals surface area contributed by atoms with E-state index in [9.17, 15) is 15.0 Å². The van der Waals surface area contributed by atoms with Crippen molar-refractivity contribution in [2.75, 3.05) is 13.2 Å². The second-order valence-electron chi connectivity index (χ2n) is 8.61. The highest BCUT2D eigenvalue weighted by atomic mass is 16.5. The predicted octanol–water partition coefficient (Wildman–Crippen LogP) is 5.01. The van der Waals surface area contributed by atoms with Gasteiger partial charge in [-0.2, -0.15) is 0 Å². The average Bonchev–Trinajstić information content (AvgIpc) is 2.98. The quantitative estimate of drug-likeness (QED) is 0.258. The maximum atomic E-state index is 11.4. The number of aliphatic hydroxyl groups is 2. The van der Waals surface area contributed by atoms with Gasteiger partial charge < -0.3 is 19.7 Å². The summed E-state index contributed by atoms with van der Waals surface area (Å²) in [6.07, 6.45) is 11.9. The molecule has 0 aliphatic heterocycles. The maximum Gasteiger partial charge on any atom is 0.305 e. The lowest BCUT2D eigenvalue weighted by atomic mass is 9.84. The van der Waals surface area contributed by atoms with Crippen molar-refractivity contribution in [2.24, 2.45) is 11.8 Å². The molecule has 29 heavy (non-hydrogen) atoms. The molecule has 1 saturated carbocycles. The Morgan fingerprint density at radius 2 is 1.69 bits per heavy atom. The highest BCUT2D eigenvalue weighted by molar-refractivity contribution is 5.69. The summed E-state index contributed by atoms with van der Waals surface area (Å²) in [6, 6.07) is 0. The molecule has 1 aliphatic carbocycles. The lowest BCUT2D eigenvalue weighted by Crippen LogP contribution is -2.25. The van der Waals surface area contributed by atoms with E-state index in [1.54, 1.807) is 0 Å². The Labute approximate surface area is 178 Å². The number of esters is 1. The van der Waals surface area contributed by atoms with Crippen molar-refractivity contribution in [3.63, 3.8) is 0 Å². The zero-order chi connectivity index (χ0) is 21.5. The zero-order valence-corrected chi connectivity index (χ0v) is 19.1. The minimum Gasteiger partial charge on any atom is -0.466 e. The second kappa shape index (κ2) is 16.1. The molecule has 1 fully saturated rings. The summed E-state index contributed by atoms with van der Waals surface area (Å²) in [7, 11) is 0. The van der Waals surface area contributed by atoms with Crippen LogP contribution in [0.15, 0.2) is 0 Å². The van der Waals surface area contributed by atoms with E-state index in [0.717, 1.165) is 64.2 Å². The van der Waals surface area contributed by atoms with Crippen molar-refractivity contribution in [1.29, 1.82) is 0 Å². The van der Waals surface area contributed by atoms with Crippen LogP contribution in [0, 0.1) is 11.8 Å². The molecule has 0 bridgehead atoms. The van der Waals surface area contributed by atoms with Gasteiger partial charge >= 0.3 is 5.97 Å². The molecule has 2 N–H and O–H groups in total. The summed E-state index contributed by atoms with van der Waals surface area (Å²) in [6.45, 7) is 7.16. The van der Waals surface area contributed by atoms with Crippen LogP contribution in [0.4, 0.5) is 0 Å². The van der Waals surface area contributed by atoms with Gasteiger partial charge in [-0.1, -0.05) is 45.4 Å². The van der Waals surface area contributed by atoms with Crippen molar-refractivity contribution < 1.29 is 24.5 Å². The van der Waals surface area contributed by atoms with Crippen LogP contribution < -0.4 is 0 Å². The smallest absolute Gasteiger partial charge is 0.305 e. The number of hydrogen-bond acceptors (Lipinski definition) is 5. The van der Waals surface area contributed by atoms with Gasteiger partial charge in [-0.25, -0.2) is 0 Å². The third kappa shape index (κ3) is 10.8. The van der Waals surface area contributed by atoms with E-state index in [1.165, 1.54) is 12.8 Å². The van der Waals surface area contributed by atoms with Crippen LogP contribution >= 0.6 is 0 Å². The van der Waals surface area contributed by atoms with E-state index in [-0.39, 0.29) is 30.2 Å². The summed E-state index contributed by atoms with van der Waals surface area (Å²) in [5.74, 6) is 0.501. The lowest BCUT2D eigenvalue weighted by Gasteiger charge is -2.26. The van der Waals surface area contributed by atoms with Crippen LogP contribution in [-0.2, 0) is 14.3 Å². The standard InChI is InChI=1S/C24H46O5/c1-4-7-10-13-19(25)16-17-21-20(22(26)18-23(21)28-5-2)14-11-8-9-12-15-24(27)29-6-3/h19-23,25-26H,4-18H2,1-3H3/t19?,20-,21-,22+,23-/m1/s1. The maximum absolute atomic E-state index is 11.4. The lowest BCUT2D eigenvalue weighted by molar-refractivity contribution is -0.143. The van der Waals surface area contributed by atoms with Crippen LogP contribution in [0.5, 0.6) is 0 Å². The zero-order valence-electron chi connectivity index (χ0n) is 19.1. The van der Waals surface area contributed by atoms with Crippen LogP contribution in [0.2, 0.25) is 0 Å². The van der Waals surface area contributed by atoms with E-state index in [0.29, 0.717) is 25.6 Å². The molecular formula is C24H46O5. The highest BCUT2D eigenvalue weighted by Gasteiger charge is 2.42. The molecule has 0 radical (unpaired) electrons. The first-order chi connectivity index (χ1) is 14.0. The average molecular weight is 415 g/mol. The van der Waals surface area contributed by atoms with Gasteiger partial charge in [0.25, 0.3) is 0 Å². The van der Waals surface area contributed by atoms with Crippen molar-refractivity contribution in [2.45, 2.75) is 123 Å². The van der Waals surface area contributed by atoms with E-state index in [2.05, 4.69) is 6.92 Å². The molecule has 5 heteroatoms. The number of carbonyl (C=O) groups is 1. The molecule has 1 unspecified atom stereocenters. The summed E-state index contributed by atoms with van der Waals surface area (Å²) in [4.78, 5) is 11.4. The molecule has 5 atom stereocenters. The molecule has 0 spiro atoms. The Morgan fingerprint density at radius 3 is 2.38 bits per heavy atom. The Hall–Kier alpha value is -0.650. The number of ether oxygens (including phenoxy) is 2. The van der Waals surface area contributed by atoms with E-state index < -0.39 is 0 Å². The van der Waals surface area contributed by atoms with Gasteiger partial charge in [-0.05, 0) is 57.8 Å². The topological polar surface area (TPSA) is 76.0 Å². The number of aliphatic hydroxyl groups excluding tert-OH is 2. The first kappa shape index (κ1) is 26.4. The fraction of sp³-hybridized carbons (Fsp3) is 0.958. The van der Waals surface area contributed by atoms with Crippen LogP contribution in [0.25, 0.3) is 0 Å². The Kier molecular flexibility index (Phi) is 14.6. The van der Waals surface area contributed by atoms with Gasteiger partial charge in [-0.3, -0.25) is 4.79 Å². The minimum atomic E-state index is -0.298. The molecule has 0 aromatic heterocycles. The molecule has 172 valence electrons. The SMILES string of the molecule is CCCCCC(O)CC[C@@H]1[C@@H](CCCCCCC(=O)OCC)[C@@H](O)C[C@H]1OCC. The monoisotopic (exact) mass is 414 g/mol. The molecule has 1 aliphatic rings. The Balaban J connectivity index is 2.38. The first-order valence-electron chi connectivity index (χ1n) is 12.2. The van der Waals surface area contributed by atoms with Gasteiger partial charge in [0.15, 0.2) is 0 Å². The van der Waals surface area contributed by atoms with Gasteiger partial charge in [-0.15, -0.1) is 0 Å². The first-order valence-corrected chi connectivity index (χ1v) is 12.2. The van der Waals surface area contributed by atoms with E-state index in [1.807, 2.05) is 13.8 Å². The van der Waals surface area contributed by atoms with Crippen LogP contribution in [-0.4, -0.2) is 47.7 Å². The molecule has 0 saturated heterocycles. The van der Waals surface area contributed by atoms with Gasteiger partial charge in [0, 0.05) is 19.4 Å². The molecule has 0 aromatic rings. The molecule has 0 aromatic carbocycles. The normalized spacial score (nSPS) is 25.3. The molecule has 1 rings (SSSR count). The number of unbranched alkanes of at least 4 members (excludes halogenated alkanes) is 5. The van der Waals surface area contributed by atoms with E-state index in [4.69, 9.17) is 9.47 Å². The van der Waals surface area contributed by atoms with Crippen LogP contribution in [0.3, 0.4) is 0 Å². The fourth-order valence-electron chi connectivity index (χ4n) is 4.76. The van der Waals surface area contributed by atoms with Gasteiger partial charge in [0.1, 0.15) is 0 Å². The van der Waals surface area contributed by atoms with Crippen molar-refractivity contribution in [3.05, 3.63) is 0 Å². The van der Waals surface area contributed by atoms with Crippen molar-refractivity contribution in [1.82, 2.24) is 0 Å². The third-order valence-corrected chi connectivity index (χ3v) is 6.32. The number of rotatable bonds is 17. The Morgan fingerprint density at radius 1 is 0.931 bits per heavy atom. The summed E-state index contributed by atoms with van der Waals surface area (Å²) >= 11 is 0. The minimum absolute atomic E-state index is 0.101. The molecule has 0 heterocycles. The number of carbonyl (C=O) groups excluding carboxylic acids is 1. The summed E-state index contributed by atoms with van der Waals surface area (Å²) in [5, 5.41) is 20.9.